The van der Waals surface area contributed by atoms with Crippen LogP contribution in [0.5, 0.6) is 0 Å². The van der Waals surface area contributed by atoms with Crippen molar-refractivity contribution in [3.63, 3.8) is 0 Å². The molecule has 0 saturated heterocycles. The Labute approximate surface area is 67.2 Å². The highest BCUT2D eigenvalue weighted by Crippen LogP contribution is 2.22. The highest BCUT2D eigenvalue weighted by molar-refractivity contribution is 5.21. The third kappa shape index (κ3) is 1.55. The fraction of sp³-hybridized carbons (Fsp3) is 0.286. The topological polar surface area (TPSA) is 38.9 Å². The maximum absolute atomic E-state index is 12.9. The summed E-state index contributed by atoms with van der Waals surface area (Å²) in [5.74, 6) is -0.956. The summed E-state index contributed by atoms with van der Waals surface area (Å²) >= 11 is 0. The number of alkyl halides is 2. The lowest BCUT2D eigenvalue weighted by atomic mass is 10.2. The molecule has 0 aromatic carbocycles. The van der Waals surface area contributed by atoms with Crippen molar-refractivity contribution in [2.45, 2.75) is 13.0 Å². The van der Waals surface area contributed by atoms with E-state index in [0.717, 1.165) is 12.4 Å². The SMILES string of the molecule is NCc1cncc(C(F)F)c1F. The van der Waals surface area contributed by atoms with Crippen LogP contribution >= 0.6 is 0 Å². The summed E-state index contributed by atoms with van der Waals surface area (Å²) < 4.78 is 37.0. The van der Waals surface area contributed by atoms with Gasteiger partial charge in [-0.05, 0) is 0 Å². The van der Waals surface area contributed by atoms with Gasteiger partial charge in [0, 0.05) is 24.5 Å². The molecule has 0 bridgehead atoms. The van der Waals surface area contributed by atoms with E-state index in [9.17, 15) is 13.2 Å². The molecule has 0 aliphatic rings. The van der Waals surface area contributed by atoms with Crippen molar-refractivity contribution in [2.24, 2.45) is 5.73 Å². The summed E-state index contributed by atoms with van der Waals surface area (Å²) in [4.78, 5) is 3.44. The maximum Gasteiger partial charge on any atom is 0.268 e. The molecule has 0 amide bonds. The number of nitrogens with zero attached hydrogens (tertiary/aromatic N) is 1. The number of nitrogens with two attached hydrogens (primary N) is 1. The van der Waals surface area contributed by atoms with E-state index in [4.69, 9.17) is 5.73 Å². The van der Waals surface area contributed by atoms with E-state index >= 15 is 0 Å². The Bertz CT molecular complexity index is 275. The van der Waals surface area contributed by atoms with Gasteiger partial charge in [0.05, 0.1) is 5.56 Å². The minimum Gasteiger partial charge on any atom is -0.326 e. The van der Waals surface area contributed by atoms with Gasteiger partial charge >= 0.3 is 0 Å². The lowest BCUT2D eigenvalue weighted by molar-refractivity contribution is 0.145. The molecule has 0 saturated carbocycles. The van der Waals surface area contributed by atoms with Crippen LogP contribution in [0.25, 0.3) is 0 Å². The van der Waals surface area contributed by atoms with Crippen LogP contribution < -0.4 is 5.73 Å². The summed E-state index contributed by atoms with van der Waals surface area (Å²) in [7, 11) is 0. The van der Waals surface area contributed by atoms with E-state index in [1.165, 1.54) is 0 Å². The molecule has 5 heteroatoms. The molecule has 1 aromatic heterocycles. The van der Waals surface area contributed by atoms with E-state index in [1.807, 2.05) is 0 Å². The zero-order valence-electron chi connectivity index (χ0n) is 6.10. The van der Waals surface area contributed by atoms with Crippen molar-refractivity contribution in [2.75, 3.05) is 0 Å². The van der Waals surface area contributed by atoms with Crippen LogP contribution in [0.15, 0.2) is 12.4 Å². The zero-order valence-corrected chi connectivity index (χ0v) is 6.10. The average molecular weight is 176 g/mol. The van der Waals surface area contributed by atoms with Gasteiger partial charge < -0.3 is 5.73 Å². The normalized spacial score (nSPS) is 10.8. The molecule has 0 atom stereocenters. The predicted molar refractivity (Wildman–Crippen MR) is 37.0 cm³/mol. The molecule has 0 unspecified atom stereocenters. The summed E-state index contributed by atoms with van der Waals surface area (Å²) in [5.41, 5.74) is 4.41. The van der Waals surface area contributed by atoms with Gasteiger partial charge in [-0.1, -0.05) is 0 Å². The summed E-state index contributed by atoms with van der Waals surface area (Å²) in [6, 6.07) is 0. The van der Waals surface area contributed by atoms with Crippen LogP contribution in [0, 0.1) is 5.82 Å². The van der Waals surface area contributed by atoms with Gasteiger partial charge in [0.2, 0.25) is 0 Å². The number of hydrogen-bond acceptors (Lipinski definition) is 2. The van der Waals surface area contributed by atoms with Gasteiger partial charge in [0.25, 0.3) is 6.43 Å². The first kappa shape index (κ1) is 8.99. The first-order valence-electron chi connectivity index (χ1n) is 3.27. The highest BCUT2D eigenvalue weighted by Gasteiger charge is 2.15. The van der Waals surface area contributed by atoms with Gasteiger partial charge in [0.15, 0.2) is 0 Å². The molecular weight excluding hydrogens is 169 g/mol. The molecule has 0 aliphatic heterocycles. The molecule has 1 aromatic rings. The van der Waals surface area contributed by atoms with Gasteiger partial charge in [0.1, 0.15) is 5.82 Å². The Morgan fingerprint density at radius 3 is 2.58 bits per heavy atom. The predicted octanol–water partition coefficient (Wildman–Crippen LogP) is 1.62. The van der Waals surface area contributed by atoms with Crippen LogP contribution in [0.2, 0.25) is 0 Å². The fourth-order valence-corrected chi connectivity index (χ4v) is 0.801. The van der Waals surface area contributed by atoms with E-state index in [1.54, 1.807) is 0 Å². The van der Waals surface area contributed by atoms with Crippen molar-refractivity contribution >= 4 is 0 Å². The first-order valence-corrected chi connectivity index (χ1v) is 3.27. The molecule has 1 rings (SSSR count). The largest absolute Gasteiger partial charge is 0.326 e. The molecule has 66 valence electrons. The van der Waals surface area contributed by atoms with E-state index in [2.05, 4.69) is 4.98 Å². The smallest absolute Gasteiger partial charge is 0.268 e. The summed E-state index contributed by atoms with van der Waals surface area (Å²) in [6.45, 7) is -0.126. The number of halogens is 3. The lowest BCUT2D eigenvalue weighted by Gasteiger charge is -2.03. The van der Waals surface area contributed by atoms with E-state index in [0.29, 0.717) is 0 Å². The van der Waals surface area contributed by atoms with Crippen LogP contribution in [-0.4, -0.2) is 4.98 Å². The molecule has 0 spiro atoms. The van der Waals surface area contributed by atoms with Gasteiger partial charge in [-0.15, -0.1) is 0 Å². The van der Waals surface area contributed by atoms with Crippen molar-refractivity contribution in [1.29, 1.82) is 0 Å². The maximum atomic E-state index is 12.9. The molecular formula is C7H7F3N2. The lowest BCUT2D eigenvalue weighted by Crippen LogP contribution is -2.04. The second-order valence-electron chi connectivity index (χ2n) is 2.21. The Balaban J connectivity index is 3.14. The molecule has 12 heavy (non-hydrogen) atoms. The van der Waals surface area contributed by atoms with Crippen molar-refractivity contribution in [3.05, 3.63) is 29.3 Å². The third-order valence-electron chi connectivity index (χ3n) is 1.43. The van der Waals surface area contributed by atoms with Crippen LogP contribution in [0.3, 0.4) is 0 Å². The standard InChI is InChI=1S/C7H7F3N2/c8-6-4(1-11)2-12-3-5(6)7(9)10/h2-3,7H,1,11H2. The Morgan fingerprint density at radius 1 is 1.42 bits per heavy atom. The highest BCUT2D eigenvalue weighted by atomic mass is 19.3. The summed E-state index contributed by atoms with van der Waals surface area (Å²) in [6.07, 6.45) is -0.899. The minimum atomic E-state index is -2.84. The number of pyridine rings is 1. The molecule has 2 N–H and O–H groups in total. The van der Waals surface area contributed by atoms with Gasteiger partial charge in [-0.2, -0.15) is 0 Å². The zero-order chi connectivity index (χ0) is 9.14. The Hall–Kier alpha value is -1.10. The number of rotatable bonds is 2. The van der Waals surface area contributed by atoms with Crippen molar-refractivity contribution in [1.82, 2.24) is 4.98 Å². The minimum absolute atomic E-state index is 0.00722. The first-order chi connectivity index (χ1) is 5.66. The second-order valence-corrected chi connectivity index (χ2v) is 2.21. The van der Waals surface area contributed by atoms with Gasteiger partial charge in [-0.25, -0.2) is 13.2 Å². The second kappa shape index (κ2) is 3.53. The molecule has 0 aliphatic carbocycles. The Kier molecular flexibility index (Phi) is 2.65. The molecule has 0 radical (unpaired) electrons. The fourth-order valence-electron chi connectivity index (χ4n) is 0.801. The average Bonchev–Trinajstić information content (AvgIpc) is 2.04. The monoisotopic (exact) mass is 176 g/mol. The van der Waals surface area contributed by atoms with Crippen LogP contribution in [-0.2, 0) is 6.54 Å². The summed E-state index contributed by atoms with van der Waals surface area (Å²) in [5, 5.41) is 0. The van der Waals surface area contributed by atoms with E-state index < -0.39 is 17.8 Å². The van der Waals surface area contributed by atoms with Gasteiger partial charge in [-0.3, -0.25) is 4.98 Å². The molecule has 0 fully saturated rings. The third-order valence-corrected chi connectivity index (χ3v) is 1.43. The molecule has 2 nitrogen and oxygen atoms in total. The van der Waals surface area contributed by atoms with Crippen LogP contribution in [0.1, 0.15) is 17.6 Å². The van der Waals surface area contributed by atoms with E-state index in [-0.39, 0.29) is 12.1 Å². The number of hydrogen-bond donors (Lipinski definition) is 1. The van der Waals surface area contributed by atoms with Crippen molar-refractivity contribution < 1.29 is 13.2 Å². The molecule has 1 heterocycles. The Morgan fingerprint density at radius 2 is 2.08 bits per heavy atom. The van der Waals surface area contributed by atoms with Crippen molar-refractivity contribution in [3.8, 4) is 0 Å². The quantitative estimate of drug-likeness (QED) is 0.743. The van der Waals surface area contributed by atoms with Crippen LogP contribution in [0.4, 0.5) is 13.2 Å². The number of aromatic nitrogens is 1.